The number of aromatic nitrogens is 1. The summed E-state index contributed by atoms with van der Waals surface area (Å²) in [5, 5.41) is 4.68. The van der Waals surface area contributed by atoms with Gasteiger partial charge in [0, 0.05) is 10.9 Å². The van der Waals surface area contributed by atoms with E-state index in [-0.39, 0.29) is 0 Å². The van der Waals surface area contributed by atoms with Crippen molar-refractivity contribution in [2.24, 2.45) is 0 Å². The van der Waals surface area contributed by atoms with E-state index >= 15 is 0 Å². The minimum absolute atomic E-state index is 0.500. The first-order valence-corrected chi connectivity index (χ1v) is 8.27. The van der Waals surface area contributed by atoms with Gasteiger partial charge in [-0.15, -0.1) is 22.7 Å². The maximum absolute atomic E-state index is 6.00. The largest absolute Gasteiger partial charge is 0.309 e. The zero-order chi connectivity index (χ0) is 12.5. The fourth-order valence-corrected chi connectivity index (χ4v) is 4.71. The molecule has 3 rings (SSSR count). The zero-order valence-corrected chi connectivity index (χ0v) is 12.6. The first-order chi connectivity index (χ1) is 8.78. The SMILES string of the molecule is CCNC1CCCc2nc(-c3ccc(Cl)s3)sc21. The van der Waals surface area contributed by atoms with Crippen molar-refractivity contribution in [2.75, 3.05) is 6.54 Å². The maximum Gasteiger partial charge on any atom is 0.134 e. The smallest absolute Gasteiger partial charge is 0.134 e. The normalized spacial score (nSPS) is 18.9. The summed E-state index contributed by atoms with van der Waals surface area (Å²) in [7, 11) is 0. The molecule has 0 amide bonds. The summed E-state index contributed by atoms with van der Waals surface area (Å²) < 4.78 is 0.835. The van der Waals surface area contributed by atoms with Gasteiger partial charge >= 0.3 is 0 Å². The number of thiazole rings is 1. The standard InChI is InChI=1S/C13H15ClN2S2/c1-2-15-8-4-3-5-9-12(8)18-13(16-9)10-6-7-11(14)17-10/h6-8,15H,2-5H2,1H3. The highest BCUT2D eigenvalue weighted by Crippen LogP contribution is 2.40. The van der Waals surface area contributed by atoms with E-state index in [0.29, 0.717) is 6.04 Å². The molecule has 0 aromatic carbocycles. The molecule has 0 spiro atoms. The summed E-state index contributed by atoms with van der Waals surface area (Å²) in [6, 6.07) is 4.52. The van der Waals surface area contributed by atoms with Crippen molar-refractivity contribution in [2.45, 2.75) is 32.2 Å². The molecule has 1 atom stereocenters. The third-order valence-corrected chi connectivity index (χ3v) is 5.80. The Kier molecular flexibility index (Phi) is 3.71. The van der Waals surface area contributed by atoms with Gasteiger partial charge in [-0.05, 0) is 37.9 Å². The fraction of sp³-hybridized carbons (Fsp3) is 0.462. The lowest BCUT2D eigenvalue weighted by atomic mass is 9.98. The van der Waals surface area contributed by atoms with Crippen LogP contribution >= 0.6 is 34.3 Å². The molecule has 1 aliphatic rings. The highest BCUT2D eigenvalue weighted by molar-refractivity contribution is 7.23. The van der Waals surface area contributed by atoms with E-state index in [1.54, 1.807) is 11.3 Å². The number of hydrogen-bond donors (Lipinski definition) is 1. The van der Waals surface area contributed by atoms with Crippen molar-refractivity contribution in [1.82, 2.24) is 10.3 Å². The highest BCUT2D eigenvalue weighted by Gasteiger charge is 2.24. The number of nitrogens with zero attached hydrogens (tertiary/aromatic N) is 1. The third kappa shape index (κ3) is 2.35. The summed E-state index contributed by atoms with van der Waals surface area (Å²) in [5.74, 6) is 0. The van der Waals surface area contributed by atoms with E-state index in [1.807, 2.05) is 17.4 Å². The van der Waals surface area contributed by atoms with Crippen LogP contribution in [0.1, 0.15) is 36.4 Å². The van der Waals surface area contributed by atoms with Gasteiger partial charge in [0.05, 0.1) is 14.9 Å². The summed E-state index contributed by atoms with van der Waals surface area (Å²) >= 11 is 9.44. The number of halogens is 1. The van der Waals surface area contributed by atoms with Gasteiger partial charge in [0.1, 0.15) is 5.01 Å². The Morgan fingerprint density at radius 3 is 3.06 bits per heavy atom. The Balaban J connectivity index is 1.95. The van der Waals surface area contributed by atoms with E-state index in [2.05, 4.69) is 18.3 Å². The number of rotatable bonds is 3. The molecule has 1 N–H and O–H groups in total. The summed E-state index contributed by atoms with van der Waals surface area (Å²) in [6.07, 6.45) is 3.58. The molecule has 0 aliphatic heterocycles. The molecular formula is C13H15ClN2S2. The van der Waals surface area contributed by atoms with E-state index in [0.717, 1.165) is 22.3 Å². The number of aryl methyl sites for hydroxylation is 1. The van der Waals surface area contributed by atoms with Crippen molar-refractivity contribution in [1.29, 1.82) is 0 Å². The van der Waals surface area contributed by atoms with Gasteiger partial charge in [-0.25, -0.2) is 4.98 Å². The molecule has 0 saturated heterocycles. The van der Waals surface area contributed by atoms with Crippen LogP contribution in [0, 0.1) is 0 Å². The molecule has 0 saturated carbocycles. The molecule has 5 heteroatoms. The zero-order valence-electron chi connectivity index (χ0n) is 10.2. The van der Waals surface area contributed by atoms with Gasteiger partial charge < -0.3 is 5.32 Å². The lowest BCUT2D eigenvalue weighted by Gasteiger charge is -2.21. The van der Waals surface area contributed by atoms with Crippen molar-refractivity contribution in [3.8, 4) is 9.88 Å². The molecule has 18 heavy (non-hydrogen) atoms. The molecule has 96 valence electrons. The Labute approximate surface area is 120 Å². The molecule has 0 bridgehead atoms. The molecule has 2 aromatic rings. The molecule has 2 nitrogen and oxygen atoms in total. The average Bonchev–Trinajstić information content (AvgIpc) is 2.95. The van der Waals surface area contributed by atoms with Gasteiger partial charge in [-0.3, -0.25) is 0 Å². The molecule has 2 aromatic heterocycles. The monoisotopic (exact) mass is 298 g/mol. The fourth-order valence-electron chi connectivity index (χ4n) is 2.40. The molecule has 1 unspecified atom stereocenters. The van der Waals surface area contributed by atoms with Gasteiger partial charge in [0.2, 0.25) is 0 Å². The Bertz CT molecular complexity index is 547. The first-order valence-electron chi connectivity index (χ1n) is 6.26. The van der Waals surface area contributed by atoms with E-state index in [4.69, 9.17) is 16.6 Å². The predicted octanol–water partition coefficient (Wildman–Crippen LogP) is 4.51. The second-order valence-corrected chi connectivity index (χ2v) is 7.18. The van der Waals surface area contributed by atoms with Crippen LogP contribution < -0.4 is 5.32 Å². The first kappa shape index (κ1) is 12.6. The average molecular weight is 299 g/mol. The minimum atomic E-state index is 0.500. The lowest BCUT2D eigenvalue weighted by molar-refractivity contribution is 0.476. The van der Waals surface area contributed by atoms with Crippen LogP contribution in [0.5, 0.6) is 0 Å². The summed E-state index contributed by atoms with van der Waals surface area (Å²) in [4.78, 5) is 7.42. The maximum atomic E-state index is 6.00. The summed E-state index contributed by atoms with van der Waals surface area (Å²) in [5.41, 5.74) is 1.29. The number of hydrogen-bond acceptors (Lipinski definition) is 4. The van der Waals surface area contributed by atoms with Gasteiger partial charge in [0.15, 0.2) is 0 Å². The number of thiophene rings is 1. The highest BCUT2D eigenvalue weighted by atomic mass is 35.5. The van der Waals surface area contributed by atoms with Gasteiger partial charge in [-0.1, -0.05) is 18.5 Å². The number of fused-ring (bicyclic) bond motifs is 1. The van der Waals surface area contributed by atoms with Crippen molar-refractivity contribution < 1.29 is 0 Å². The summed E-state index contributed by atoms with van der Waals surface area (Å²) in [6.45, 7) is 3.18. The van der Waals surface area contributed by atoms with Crippen LogP contribution in [0.15, 0.2) is 12.1 Å². The predicted molar refractivity (Wildman–Crippen MR) is 79.8 cm³/mol. The van der Waals surface area contributed by atoms with E-state index in [1.165, 1.54) is 28.3 Å². The van der Waals surface area contributed by atoms with Gasteiger partial charge in [0.25, 0.3) is 0 Å². The third-order valence-electron chi connectivity index (χ3n) is 3.18. The van der Waals surface area contributed by atoms with Crippen molar-refractivity contribution in [3.05, 3.63) is 27.0 Å². The molecule has 0 fully saturated rings. The van der Waals surface area contributed by atoms with Crippen LogP contribution in [0.3, 0.4) is 0 Å². The van der Waals surface area contributed by atoms with Gasteiger partial charge in [-0.2, -0.15) is 0 Å². The van der Waals surface area contributed by atoms with Crippen LogP contribution in [-0.2, 0) is 6.42 Å². The van der Waals surface area contributed by atoms with Crippen LogP contribution in [0.4, 0.5) is 0 Å². The molecular weight excluding hydrogens is 284 g/mol. The minimum Gasteiger partial charge on any atom is -0.309 e. The van der Waals surface area contributed by atoms with E-state index in [9.17, 15) is 0 Å². The Morgan fingerprint density at radius 1 is 1.44 bits per heavy atom. The lowest BCUT2D eigenvalue weighted by Crippen LogP contribution is -2.23. The van der Waals surface area contributed by atoms with Crippen LogP contribution in [-0.4, -0.2) is 11.5 Å². The Hall–Kier alpha value is -0.420. The molecule has 2 heterocycles. The van der Waals surface area contributed by atoms with Crippen molar-refractivity contribution in [3.63, 3.8) is 0 Å². The van der Waals surface area contributed by atoms with Crippen LogP contribution in [0.2, 0.25) is 4.34 Å². The quantitative estimate of drug-likeness (QED) is 0.901. The Morgan fingerprint density at radius 2 is 2.33 bits per heavy atom. The molecule has 1 aliphatic carbocycles. The topological polar surface area (TPSA) is 24.9 Å². The van der Waals surface area contributed by atoms with Crippen molar-refractivity contribution >= 4 is 34.3 Å². The second kappa shape index (κ2) is 5.29. The van der Waals surface area contributed by atoms with Crippen LogP contribution in [0.25, 0.3) is 9.88 Å². The molecule has 0 radical (unpaired) electrons. The second-order valence-electron chi connectivity index (χ2n) is 4.44. The van der Waals surface area contributed by atoms with E-state index < -0.39 is 0 Å². The number of nitrogens with one attached hydrogen (secondary N) is 1.